The maximum Gasteiger partial charge on any atom is 0.304 e. The first-order valence-corrected chi connectivity index (χ1v) is 14.9. The van der Waals surface area contributed by atoms with E-state index >= 15 is 0 Å². The molecule has 1 N–H and O–H groups in total. The molecule has 2 aromatic carbocycles. The number of nitrogens with zero attached hydrogens (tertiary/aromatic N) is 1. The number of carboxylic acids is 1. The minimum Gasteiger partial charge on any atom is -0.481 e. The molecule has 0 aromatic heterocycles. The van der Waals surface area contributed by atoms with Gasteiger partial charge in [-0.25, -0.2) is 8.42 Å². The molecule has 3 rings (SSSR count). The molecule has 0 bridgehead atoms. The van der Waals surface area contributed by atoms with Gasteiger partial charge in [-0.2, -0.15) is 0 Å². The highest BCUT2D eigenvalue weighted by molar-refractivity contribution is 7.91. The van der Waals surface area contributed by atoms with Crippen LogP contribution in [-0.2, 0) is 19.4 Å². The molecule has 0 unspecified atom stereocenters. The summed E-state index contributed by atoms with van der Waals surface area (Å²) in [6.07, 6.45) is -0.107. The molecule has 0 spiro atoms. The van der Waals surface area contributed by atoms with Gasteiger partial charge in [-0.3, -0.25) is 9.59 Å². The van der Waals surface area contributed by atoms with Gasteiger partial charge in [-0.1, -0.05) is 82.1 Å². The van der Waals surface area contributed by atoms with Gasteiger partial charge >= 0.3 is 5.97 Å². The molecule has 0 radical (unpaired) electrons. The molecule has 1 saturated heterocycles. The fraction of sp³-hybridized carbons (Fsp3) is 0.500. The Morgan fingerprint density at radius 1 is 1.11 bits per heavy atom. The van der Waals surface area contributed by atoms with Gasteiger partial charge in [0.05, 0.1) is 29.7 Å². The monoisotopic (exact) mass is 567 g/mol. The molecule has 6 nitrogen and oxygen atoms in total. The van der Waals surface area contributed by atoms with Crippen LogP contribution >= 0.6 is 23.2 Å². The number of halogens is 2. The molecule has 0 saturated carbocycles. The number of carboxylic acid groups (broad SMARTS) is 1. The number of benzene rings is 2. The number of carbonyl (C=O) groups excluding carboxylic acids is 1. The van der Waals surface area contributed by atoms with Gasteiger partial charge in [0.1, 0.15) is 0 Å². The predicted octanol–water partition coefficient (Wildman–Crippen LogP) is 6.38. The maximum atomic E-state index is 14.4. The van der Waals surface area contributed by atoms with Crippen LogP contribution in [0.25, 0.3) is 0 Å². The minimum atomic E-state index is -3.49. The van der Waals surface area contributed by atoms with Crippen LogP contribution < -0.4 is 0 Å². The molecule has 9 heteroatoms. The SMILES string of the molecule is CCS(=O)(=O)C[C@@H](N1C(=O)[C@](C)(CC(=O)O)C[C@H](c2cccc(Cl)c2)[C@H]1c1ccc(Cl)cc1)C(C)(C)C. The first kappa shape index (κ1) is 29.5. The van der Waals surface area contributed by atoms with E-state index in [-0.39, 0.29) is 36.2 Å². The van der Waals surface area contributed by atoms with Crippen molar-refractivity contribution in [3.63, 3.8) is 0 Å². The Morgan fingerprint density at radius 3 is 2.24 bits per heavy atom. The zero-order valence-corrected chi connectivity index (χ0v) is 24.2. The van der Waals surface area contributed by atoms with Crippen molar-refractivity contribution >= 4 is 44.9 Å². The molecule has 4 atom stereocenters. The maximum absolute atomic E-state index is 14.4. The van der Waals surface area contributed by atoms with Crippen LogP contribution in [0.2, 0.25) is 10.0 Å². The number of piperidine rings is 1. The summed E-state index contributed by atoms with van der Waals surface area (Å²) in [5.74, 6) is -2.07. The lowest BCUT2D eigenvalue weighted by Crippen LogP contribution is -2.60. The van der Waals surface area contributed by atoms with Crippen molar-refractivity contribution in [1.29, 1.82) is 0 Å². The summed E-state index contributed by atoms with van der Waals surface area (Å²) in [6, 6.07) is 13.3. The van der Waals surface area contributed by atoms with Gasteiger partial charge < -0.3 is 10.0 Å². The third-order valence-electron chi connectivity index (χ3n) is 7.32. The van der Waals surface area contributed by atoms with Crippen molar-refractivity contribution in [2.45, 2.75) is 65.5 Å². The third-order valence-corrected chi connectivity index (χ3v) is 9.51. The van der Waals surface area contributed by atoms with Crippen molar-refractivity contribution < 1.29 is 23.1 Å². The van der Waals surface area contributed by atoms with Crippen LogP contribution in [0.1, 0.15) is 70.5 Å². The number of rotatable bonds is 8. The van der Waals surface area contributed by atoms with E-state index in [4.69, 9.17) is 23.2 Å². The highest BCUT2D eigenvalue weighted by Gasteiger charge is 2.54. The first-order valence-electron chi connectivity index (χ1n) is 12.3. The highest BCUT2D eigenvalue weighted by Crippen LogP contribution is 2.53. The summed E-state index contributed by atoms with van der Waals surface area (Å²) < 4.78 is 25.9. The van der Waals surface area contributed by atoms with Crippen molar-refractivity contribution in [2.24, 2.45) is 10.8 Å². The zero-order valence-electron chi connectivity index (χ0n) is 21.9. The average molecular weight is 569 g/mol. The Hall–Kier alpha value is -2.09. The van der Waals surface area contributed by atoms with E-state index in [0.29, 0.717) is 10.0 Å². The number of sulfone groups is 1. The number of hydrogen-bond acceptors (Lipinski definition) is 4. The lowest BCUT2D eigenvalue weighted by molar-refractivity contribution is -0.162. The van der Waals surface area contributed by atoms with E-state index in [1.165, 1.54) is 0 Å². The molecule has 1 aliphatic rings. The topological polar surface area (TPSA) is 91.8 Å². The van der Waals surface area contributed by atoms with Crippen LogP contribution in [0.4, 0.5) is 0 Å². The van der Waals surface area contributed by atoms with E-state index < -0.39 is 38.7 Å². The lowest BCUT2D eigenvalue weighted by atomic mass is 9.66. The Bertz CT molecular complexity index is 1260. The number of amides is 1. The van der Waals surface area contributed by atoms with Gasteiger partial charge in [-0.05, 0) is 47.2 Å². The van der Waals surface area contributed by atoms with Gasteiger partial charge in [0, 0.05) is 21.7 Å². The van der Waals surface area contributed by atoms with Gasteiger partial charge in [0.2, 0.25) is 5.91 Å². The van der Waals surface area contributed by atoms with E-state index in [1.54, 1.807) is 36.9 Å². The Morgan fingerprint density at radius 2 is 1.73 bits per heavy atom. The van der Waals surface area contributed by atoms with E-state index in [2.05, 4.69) is 0 Å². The molecule has 1 heterocycles. The van der Waals surface area contributed by atoms with E-state index in [0.717, 1.165) is 11.1 Å². The third kappa shape index (κ3) is 6.68. The molecule has 0 aliphatic carbocycles. The quantitative estimate of drug-likeness (QED) is 0.399. The molecule has 1 fully saturated rings. The average Bonchev–Trinajstić information content (AvgIpc) is 2.79. The number of hydrogen-bond donors (Lipinski definition) is 1. The molecule has 202 valence electrons. The van der Waals surface area contributed by atoms with E-state index in [1.807, 2.05) is 51.1 Å². The van der Waals surface area contributed by atoms with Gasteiger partial charge in [0.25, 0.3) is 0 Å². The fourth-order valence-corrected chi connectivity index (χ4v) is 7.03. The van der Waals surface area contributed by atoms with Crippen molar-refractivity contribution in [1.82, 2.24) is 4.90 Å². The molecular formula is C28H35Cl2NO5S. The Balaban J connectivity index is 2.34. The van der Waals surface area contributed by atoms with Crippen LogP contribution in [0, 0.1) is 10.8 Å². The van der Waals surface area contributed by atoms with Crippen LogP contribution in [-0.4, -0.2) is 47.8 Å². The molecule has 2 aromatic rings. The number of carbonyl (C=O) groups is 2. The van der Waals surface area contributed by atoms with Crippen LogP contribution in [0.5, 0.6) is 0 Å². The zero-order chi connectivity index (χ0) is 27.8. The molecule has 37 heavy (non-hydrogen) atoms. The van der Waals surface area contributed by atoms with Crippen LogP contribution in [0.3, 0.4) is 0 Å². The summed E-state index contributed by atoms with van der Waals surface area (Å²) in [7, 11) is -3.49. The number of likely N-dealkylation sites (tertiary alicyclic amines) is 1. The lowest BCUT2D eigenvalue weighted by Gasteiger charge is -2.54. The summed E-state index contributed by atoms with van der Waals surface area (Å²) in [5, 5.41) is 10.8. The van der Waals surface area contributed by atoms with Crippen molar-refractivity contribution in [3.05, 3.63) is 69.7 Å². The Kier molecular flexibility index (Phi) is 8.72. The second-order valence-corrected chi connectivity index (χ2v) is 14.6. The van der Waals surface area contributed by atoms with Crippen molar-refractivity contribution in [3.8, 4) is 0 Å². The van der Waals surface area contributed by atoms with Gasteiger partial charge in [-0.15, -0.1) is 0 Å². The second kappa shape index (κ2) is 11.0. The fourth-order valence-electron chi connectivity index (χ4n) is 5.33. The smallest absolute Gasteiger partial charge is 0.304 e. The second-order valence-electron chi connectivity index (χ2n) is 11.3. The molecular weight excluding hydrogens is 533 g/mol. The highest BCUT2D eigenvalue weighted by atomic mass is 35.5. The van der Waals surface area contributed by atoms with Crippen molar-refractivity contribution in [2.75, 3.05) is 11.5 Å². The minimum absolute atomic E-state index is 0.0582. The summed E-state index contributed by atoms with van der Waals surface area (Å²) in [6.45, 7) is 8.99. The molecule has 1 aliphatic heterocycles. The van der Waals surface area contributed by atoms with Crippen LogP contribution in [0.15, 0.2) is 48.5 Å². The predicted molar refractivity (Wildman–Crippen MR) is 148 cm³/mol. The van der Waals surface area contributed by atoms with E-state index in [9.17, 15) is 23.1 Å². The normalized spacial score (nSPS) is 23.6. The standard InChI is InChI=1S/C28H35Cl2NO5S/c1-6-37(35,36)17-23(27(2,3)4)31-25(18-10-12-20(29)13-11-18)22(19-8-7-9-21(30)14-19)15-28(5,26(31)34)16-24(32)33/h7-14,22-23,25H,6,15-17H2,1-5H3,(H,32,33)/t22-,23-,25-,28+/m1/s1. The molecule has 1 amide bonds. The van der Waals surface area contributed by atoms with Gasteiger partial charge in [0.15, 0.2) is 9.84 Å². The summed E-state index contributed by atoms with van der Waals surface area (Å²) in [5.41, 5.74) is -0.222. The number of aliphatic carboxylic acids is 1. The largest absolute Gasteiger partial charge is 0.481 e. The summed E-state index contributed by atoms with van der Waals surface area (Å²) in [4.78, 5) is 28.0. The Labute approximate surface area is 229 Å². The first-order chi connectivity index (χ1) is 17.1. The summed E-state index contributed by atoms with van der Waals surface area (Å²) >= 11 is 12.6.